The second-order valence-corrected chi connectivity index (χ2v) is 4.68. The summed E-state index contributed by atoms with van der Waals surface area (Å²) in [5.74, 6) is 0.0992. The highest BCUT2D eigenvalue weighted by atomic mass is 16.5. The molecule has 0 bridgehead atoms. The Bertz CT molecular complexity index is 307. The van der Waals surface area contributed by atoms with Crippen LogP contribution in [0.1, 0.15) is 39.0 Å². The van der Waals surface area contributed by atoms with Crippen LogP contribution in [-0.4, -0.2) is 35.6 Å². The third-order valence-electron chi connectivity index (χ3n) is 3.24. The van der Waals surface area contributed by atoms with Crippen LogP contribution in [0, 0.1) is 11.3 Å². The minimum absolute atomic E-state index is 0.0992. The van der Waals surface area contributed by atoms with E-state index in [1.165, 1.54) is 0 Å². The summed E-state index contributed by atoms with van der Waals surface area (Å²) in [6, 6.07) is 2.48. The van der Waals surface area contributed by atoms with Crippen molar-refractivity contribution in [3.05, 3.63) is 0 Å². The van der Waals surface area contributed by atoms with Gasteiger partial charge in [-0.1, -0.05) is 0 Å². The molecule has 0 radical (unpaired) electrons. The molecule has 2 fully saturated rings. The summed E-state index contributed by atoms with van der Waals surface area (Å²) < 4.78 is 5.59. The number of carbonyl (C=O) groups excluding carboxylic acids is 1. The quantitative estimate of drug-likeness (QED) is 0.723. The lowest BCUT2D eigenvalue weighted by Crippen LogP contribution is -2.41. The maximum Gasteiger partial charge on any atom is 0.251 e. The number of amides is 1. The van der Waals surface area contributed by atoms with Crippen LogP contribution in [0.4, 0.5) is 0 Å². The third-order valence-corrected chi connectivity index (χ3v) is 3.24. The lowest BCUT2D eigenvalue weighted by atomic mass is 10.2. The Labute approximate surface area is 96.2 Å². The number of nitrogens with zero attached hydrogens (tertiary/aromatic N) is 2. The number of nitriles is 1. The number of carbonyl (C=O) groups is 1. The molecule has 0 aromatic carbocycles. The monoisotopic (exact) mass is 222 g/mol. The molecule has 1 amide bonds. The van der Waals surface area contributed by atoms with E-state index in [-0.39, 0.29) is 18.1 Å². The Morgan fingerprint density at radius 3 is 2.69 bits per heavy atom. The molecule has 0 aromatic rings. The minimum atomic E-state index is -0.255. The van der Waals surface area contributed by atoms with Gasteiger partial charge in [-0.2, -0.15) is 5.26 Å². The molecule has 0 aromatic heterocycles. The van der Waals surface area contributed by atoms with E-state index in [9.17, 15) is 4.79 Å². The lowest BCUT2D eigenvalue weighted by molar-refractivity contribution is -0.143. The molecule has 0 N–H and O–H groups in total. The smallest absolute Gasteiger partial charge is 0.251 e. The van der Waals surface area contributed by atoms with E-state index in [0.717, 1.165) is 25.7 Å². The fourth-order valence-corrected chi connectivity index (χ4v) is 2.20. The van der Waals surface area contributed by atoms with Crippen molar-refractivity contribution < 1.29 is 9.53 Å². The van der Waals surface area contributed by atoms with E-state index in [1.54, 1.807) is 0 Å². The Morgan fingerprint density at radius 1 is 1.44 bits per heavy atom. The minimum Gasteiger partial charge on any atom is -0.365 e. The fourth-order valence-electron chi connectivity index (χ4n) is 2.20. The Kier molecular flexibility index (Phi) is 3.45. The van der Waals surface area contributed by atoms with Crippen LogP contribution in [0.25, 0.3) is 0 Å². The first-order valence-electron chi connectivity index (χ1n) is 6.05. The number of ether oxygens (including phenoxy) is 1. The van der Waals surface area contributed by atoms with E-state index < -0.39 is 0 Å². The number of hydrogen-bond acceptors (Lipinski definition) is 3. The molecule has 1 saturated carbocycles. The van der Waals surface area contributed by atoms with E-state index in [2.05, 4.69) is 6.07 Å². The molecule has 16 heavy (non-hydrogen) atoms. The first kappa shape index (κ1) is 11.4. The molecule has 2 atom stereocenters. The molecular weight excluding hydrogens is 204 g/mol. The zero-order valence-corrected chi connectivity index (χ0v) is 9.69. The normalized spacial score (nSPS) is 28.8. The van der Waals surface area contributed by atoms with Crippen molar-refractivity contribution in [2.45, 2.75) is 57.3 Å². The highest BCUT2D eigenvalue weighted by Gasteiger charge is 2.38. The second-order valence-electron chi connectivity index (χ2n) is 4.68. The van der Waals surface area contributed by atoms with Crippen LogP contribution in [-0.2, 0) is 9.53 Å². The summed E-state index contributed by atoms with van der Waals surface area (Å²) in [6.45, 7) is 2.57. The summed E-state index contributed by atoms with van der Waals surface area (Å²) in [5.41, 5.74) is 0. The van der Waals surface area contributed by atoms with Crippen LogP contribution in [0.15, 0.2) is 0 Å². The van der Waals surface area contributed by atoms with Gasteiger partial charge >= 0.3 is 0 Å². The molecule has 0 spiro atoms. The van der Waals surface area contributed by atoms with Gasteiger partial charge in [-0.15, -0.1) is 0 Å². The van der Waals surface area contributed by atoms with Crippen LogP contribution >= 0.6 is 0 Å². The first-order valence-corrected chi connectivity index (χ1v) is 6.05. The fraction of sp³-hybridized carbons (Fsp3) is 0.833. The van der Waals surface area contributed by atoms with E-state index in [1.807, 2.05) is 11.8 Å². The maximum atomic E-state index is 12.2. The van der Waals surface area contributed by atoms with Gasteiger partial charge in [-0.25, -0.2) is 0 Å². The largest absolute Gasteiger partial charge is 0.365 e. The molecule has 1 aliphatic carbocycles. The van der Waals surface area contributed by atoms with Gasteiger partial charge in [0.05, 0.1) is 18.6 Å². The van der Waals surface area contributed by atoms with Crippen molar-refractivity contribution in [1.82, 2.24) is 4.90 Å². The summed E-state index contributed by atoms with van der Waals surface area (Å²) >= 11 is 0. The standard InChI is InChI=1S/C12H18N2O2/c1-9-3-6-11(16-9)12(15)14(8-2-7-13)10-4-5-10/h9-11H,2-6,8H2,1H3. The van der Waals surface area contributed by atoms with Crippen molar-refractivity contribution >= 4 is 5.91 Å². The van der Waals surface area contributed by atoms with Gasteiger partial charge in [-0.3, -0.25) is 4.79 Å². The molecule has 2 aliphatic rings. The van der Waals surface area contributed by atoms with Crippen LogP contribution in [0.2, 0.25) is 0 Å². The third kappa shape index (κ3) is 2.53. The molecule has 1 aliphatic heterocycles. The molecule has 1 saturated heterocycles. The predicted molar refractivity (Wildman–Crippen MR) is 58.5 cm³/mol. The van der Waals surface area contributed by atoms with Crippen molar-refractivity contribution in [1.29, 1.82) is 5.26 Å². The van der Waals surface area contributed by atoms with E-state index >= 15 is 0 Å². The first-order chi connectivity index (χ1) is 7.72. The van der Waals surface area contributed by atoms with Crippen LogP contribution in [0.3, 0.4) is 0 Å². The van der Waals surface area contributed by atoms with Crippen molar-refractivity contribution in [2.75, 3.05) is 6.54 Å². The highest BCUT2D eigenvalue weighted by Crippen LogP contribution is 2.30. The lowest BCUT2D eigenvalue weighted by Gasteiger charge is -2.24. The molecule has 88 valence electrons. The van der Waals surface area contributed by atoms with Gasteiger partial charge in [0.1, 0.15) is 6.10 Å². The van der Waals surface area contributed by atoms with Gasteiger partial charge < -0.3 is 9.64 Å². The summed E-state index contributed by atoms with van der Waals surface area (Å²) in [4.78, 5) is 14.0. The highest BCUT2D eigenvalue weighted by molar-refractivity contribution is 5.81. The Hall–Kier alpha value is -1.08. The Morgan fingerprint density at radius 2 is 2.19 bits per heavy atom. The topological polar surface area (TPSA) is 53.3 Å². The van der Waals surface area contributed by atoms with Gasteiger partial charge in [0.25, 0.3) is 5.91 Å². The number of hydrogen-bond donors (Lipinski definition) is 0. The predicted octanol–water partition coefficient (Wildman–Crippen LogP) is 1.46. The van der Waals surface area contributed by atoms with Crippen molar-refractivity contribution in [3.63, 3.8) is 0 Å². The molecule has 2 rings (SSSR count). The average molecular weight is 222 g/mol. The zero-order valence-electron chi connectivity index (χ0n) is 9.69. The maximum absolute atomic E-state index is 12.2. The summed E-state index contributed by atoms with van der Waals surface area (Å²) in [7, 11) is 0. The summed E-state index contributed by atoms with van der Waals surface area (Å²) in [5, 5.41) is 8.59. The van der Waals surface area contributed by atoms with E-state index in [0.29, 0.717) is 19.0 Å². The molecule has 4 heteroatoms. The molecule has 2 unspecified atom stereocenters. The number of rotatable bonds is 4. The summed E-state index contributed by atoms with van der Waals surface area (Å²) in [6.07, 6.45) is 4.33. The second kappa shape index (κ2) is 4.84. The molecular formula is C12H18N2O2. The molecule has 4 nitrogen and oxygen atoms in total. The SMILES string of the molecule is CC1CCC(C(=O)N(CCC#N)C2CC2)O1. The molecule has 1 heterocycles. The van der Waals surface area contributed by atoms with E-state index in [4.69, 9.17) is 10.00 Å². The van der Waals surface area contributed by atoms with Gasteiger partial charge in [-0.05, 0) is 32.6 Å². The Balaban J connectivity index is 1.91. The average Bonchev–Trinajstić information content (AvgIpc) is 3.01. The van der Waals surface area contributed by atoms with Gasteiger partial charge in [0.15, 0.2) is 0 Å². The van der Waals surface area contributed by atoms with Crippen molar-refractivity contribution in [3.8, 4) is 6.07 Å². The van der Waals surface area contributed by atoms with Gasteiger partial charge in [0, 0.05) is 12.6 Å². The van der Waals surface area contributed by atoms with Crippen molar-refractivity contribution in [2.24, 2.45) is 0 Å². The van der Waals surface area contributed by atoms with Crippen LogP contribution in [0.5, 0.6) is 0 Å². The van der Waals surface area contributed by atoms with Crippen LogP contribution < -0.4 is 0 Å². The zero-order chi connectivity index (χ0) is 11.5. The van der Waals surface area contributed by atoms with Gasteiger partial charge in [0.2, 0.25) is 0 Å².